The van der Waals surface area contributed by atoms with E-state index in [1.54, 1.807) is 11.3 Å². The van der Waals surface area contributed by atoms with Gasteiger partial charge in [-0.2, -0.15) is 13.2 Å². The van der Waals surface area contributed by atoms with Crippen LogP contribution in [0.15, 0.2) is 121 Å². The molecule has 6 aromatic rings. The molecule has 4 aromatic carbocycles. The number of alkyl halides is 3. The molecule has 1 saturated carbocycles. The van der Waals surface area contributed by atoms with Crippen LogP contribution in [0.4, 0.5) is 13.2 Å². The summed E-state index contributed by atoms with van der Waals surface area (Å²) in [7, 11) is 0. The molecule has 3 aliphatic rings. The summed E-state index contributed by atoms with van der Waals surface area (Å²) in [5, 5.41) is 0. The molecular weight excluding hydrogens is 674 g/mol. The summed E-state index contributed by atoms with van der Waals surface area (Å²) in [6.07, 6.45) is 7.68. The highest BCUT2D eigenvalue weighted by Gasteiger charge is 2.42. The fraction of sp³-hybridized carbons (Fsp3) is 0.347. The summed E-state index contributed by atoms with van der Waals surface area (Å²) < 4.78 is 44.4. The van der Waals surface area contributed by atoms with Gasteiger partial charge >= 0.3 is 6.18 Å². The van der Waals surface area contributed by atoms with Crippen LogP contribution >= 0.6 is 0 Å². The van der Waals surface area contributed by atoms with Crippen LogP contribution in [0.25, 0.3) is 33.9 Å². The Kier molecular flexibility index (Phi) is 10.4. The van der Waals surface area contributed by atoms with Gasteiger partial charge in [-0.25, -0.2) is 0 Å². The maximum Gasteiger partial charge on any atom is 0.392 e. The Morgan fingerprint density at radius 2 is 1.00 bits per heavy atom. The summed E-state index contributed by atoms with van der Waals surface area (Å²) in [5.41, 5.74) is 14.4. The van der Waals surface area contributed by atoms with Crippen LogP contribution in [-0.4, -0.2) is 15.3 Å². The van der Waals surface area contributed by atoms with Crippen LogP contribution in [0, 0.1) is 31.6 Å². The molecule has 278 valence electrons. The summed E-state index contributed by atoms with van der Waals surface area (Å²) >= 11 is 0. The number of rotatable bonds is 5. The first kappa shape index (κ1) is 36.2. The van der Waals surface area contributed by atoms with E-state index >= 15 is 0 Å². The van der Waals surface area contributed by atoms with Crippen molar-refractivity contribution < 1.29 is 13.2 Å². The van der Waals surface area contributed by atoms with Gasteiger partial charge in [0.05, 0.1) is 17.3 Å². The lowest BCUT2D eigenvalue weighted by molar-refractivity contribution is -0.177. The van der Waals surface area contributed by atoms with Gasteiger partial charge in [-0.1, -0.05) is 117 Å². The second-order valence-electron chi connectivity index (χ2n) is 16.0. The van der Waals surface area contributed by atoms with Crippen LogP contribution in [0.2, 0.25) is 0 Å². The summed E-state index contributed by atoms with van der Waals surface area (Å²) in [6, 6.07) is 42.4. The standard InChI is InChI=1S/C27H31N.C22H20F3N/c1-20-9-8-14-25(17-20)28-26-16-15-23(21-10-4-2-5-11-21)18-24(26)19-27(28)22-12-6-3-7-13-22;1-15-6-5-9-19(12-15)26-20-11-10-18(22(23,24)25)13-17(20)14-21(26)16-7-3-2-4-8-16/h3,6-9,12-14,17,19,21,23H,2,4-5,10-11,15-16,18H2,1H3;2-9,12,14,18H,10-11,13H2,1H3. The van der Waals surface area contributed by atoms with Crippen molar-refractivity contribution in [1.29, 1.82) is 0 Å². The van der Waals surface area contributed by atoms with Crippen molar-refractivity contribution in [2.45, 2.75) is 90.7 Å². The van der Waals surface area contributed by atoms with Crippen molar-refractivity contribution in [3.05, 3.63) is 155 Å². The number of aromatic nitrogens is 2. The zero-order valence-electron chi connectivity index (χ0n) is 31.6. The molecule has 2 heterocycles. The summed E-state index contributed by atoms with van der Waals surface area (Å²) in [5.74, 6) is 0.612. The highest BCUT2D eigenvalue weighted by molar-refractivity contribution is 5.67. The van der Waals surface area contributed by atoms with E-state index in [0.717, 1.165) is 45.6 Å². The third kappa shape index (κ3) is 7.60. The number of halogens is 3. The van der Waals surface area contributed by atoms with E-state index < -0.39 is 12.1 Å². The molecule has 9 rings (SSSR count). The number of benzene rings is 4. The highest BCUT2D eigenvalue weighted by Crippen LogP contribution is 2.43. The zero-order chi connectivity index (χ0) is 37.2. The van der Waals surface area contributed by atoms with Gasteiger partial charge in [0.1, 0.15) is 0 Å². The first-order valence-corrected chi connectivity index (χ1v) is 20.0. The number of hydrogen-bond acceptors (Lipinski definition) is 0. The van der Waals surface area contributed by atoms with Gasteiger partial charge in [0.25, 0.3) is 0 Å². The molecule has 1 fully saturated rings. The van der Waals surface area contributed by atoms with Gasteiger partial charge in [-0.15, -0.1) is 0 Å². The molecule has 5 heteroatoms. The second-order valence-corrected chi connectivity index (χ2v) is 16.0. The maximum absolute atomic E-state index is 13.2. The lowest BCUT2D eigenvalue weighted by Gasteiger charge is -2.33. The number of hydrogen-bond donors (Lipinski definition) is 0. The summed E-state index contributed by atoms with van der Waals surface area (Å²) in [4.78, 5) is 0. The molecule has 0 amide bonds. The van der Waals surface area contributed by atoms with Crippen molar-refractivity contribution in [3.63, 3.8) is 0 Å². The normalized spacial score (nSPS) is 18.7. The molecule has 0 bridgehead atoms. The molecule has 3 aliphatic carbocycles. The Hall–Kier alpha value is -4.77. The average Bonchev–Trinajstić information content (AvgIpc) is 3.78. The Balaban J connectivity index is 0.000000154. The number of fused-ring (bicyclic) bond motifs is 2. The molecule has 2 unspecified atom stereocenters. The lowest BCUT2D eigenvalue weighted by Crippen LogP contribution is -2.29. The first-order valence-electron chi connectivity index (χ1n) is 20.0. The molecule has 0 radical (unpaired) electrons. The van der Waals surface area contributed by atoms with Crippen LogP contribution < -0.4 is 0 Å². The van der Waals surface area contributed by atoms with Crippen molar-refractivity contribution in [3.8, 4) is 33.9 Å². The monoisotopic (exact) mass is 724 g/mol. The van der Waals surface area contributed by atoms with Crippen molar-refractivity contribution >= 4 is 0 Å². The quantitative estimate of drug-likeness (QED) is 0.168. The summed E-state index contributed by atoms with van der Waals surface area (Å²) in [6.45, 7) is 4.22. The first-order chi connectivity index (χ1) is 26.2. The number of aryl methyl sites for hydroxylation is 2. The largest absolute Gasteiger partial charge is 0.392 e. The van der Waals surface area contributed by atoms with Crippen LogP contribution in [0.3, 0.4) is 0 Å². The fourth-order valence-electron chi connectivity index (χ4n) is 9.54. The third-order valence-electron chi connectivity index (χ3n) is 12.3. The van der Waals surface area contributed by atoms with Crippen molar-refractivity contribution in [2.75, 3.05) is 0 Å². The Labute approximate surface area is 318 Å². The fourth-order valence-corrected chi connectivity index (χ4v) is 9.54. The van der Waals surface area contributed by atoms with E-state index in [2.05, 4.69) is 82.8 Å². The lowest BCUT2D eigenvalue weighted by atomic mass is 9.73. The molecule has 54 heavy (non-hydrogen) atoms. The highest BCUT2D eigenvalue weighted by atomic mass is 19.4. The maximum atomic E-state index is 13.2. The SMILES string of the molecule is Cc1cccc(-n2c(-c3ccccc3)cc3c2CCC(C(F)(F)F)C3)c1.Cc1cccc(-n2c(-c3ccccc3)cc3c2CCC(C2CCCCC2)C3)c1. The second kappa shape index (κ2) is 15.5. The smallest absolute Gasteiger partial charge is 0.313 e. The van der Waals surface area contributed by atoms with E-state index in [1.165, 1.54) is 73.9 Å². The van der Waals surface area contributed by atoms with E-state index in [1.807, 2.05) is 61.5 Å². The molecule has 0 saturated heterocycles. The van der Waals surface area contributed by atoms with Crippen LogP contribution in [-0.2, 0) is 25.7 Å². The van der Waals surface area contributed by atoms with E-state index in [0.29, 0.717) is 6.42 Å². The minimum atomic E-state index is -4.13. The van der Waals surface area contributed by atoms with Crippen molar-refractivity contribution in [2.24, 2.45) is 17.8 Å². The van der Waals surface area contributed by atoms with Crippen LogP contribution in [0.5, 0.6) is 0 Å². The van der Waals surface area contributed by atoms with Gasteiger partial charge in [0, 0.05) is 22.8 Å². The Morgan fingerprint density at radius 1 is 0.500 bits per heavy atom. The van der Waals surface area contributed by atoms with E-state index in [4.69, 9.17) is 0 Å². The van der Waals surface area contributed by atoms with Gasteiger partial charge in [-0.3, -0.25) is 0 Å². The molecule has 2 atom stereocenters. The predicted molar refractivity (Wildman–Crippen MR) is 216 cm³/mol. The molecule has 0 aliphatic heterocycles. The predicted octanol–water partition coefficient (Wildman–Crippen LogP) is 13.3. The van der Waals surface area contributed by atoms with Crippen molar-refractivity contribution in [1.82, 2.24) is 9.13 Å². The van der Waals surface area contributed by atoms with Gasteiger partial charge in [-0.05, 0) is 134 Å². The van der Waals surface area contributed by atoms with Crippen LogP contribution in [0.1, 0.15) is 78.6 Å². The Bertz CT molecular complexity index is 2180. The van der Waals surface area contributed by atoms with Gasteiger partial charge < -0.3 is 9.13 Å². The third-order valence-corrected chi connectivity index (χ3v) is 12.3. The minimum Gasteiger partial charge on any atom is -0.313 e. The van der Waals surface area contributed by atoms with E-state index in [-0.39, 0.29) is 12.8 Å². The average molecular weight is 725 g/mol. The van der Waals surface area contributed by atoms with E-state index in [9.17, 15) is 13.2 Å². The molecule has 0 spiro atoms. The number of nitrogens with zero attached hydrogens (tertiary/aromatic N) is 2. The molecule has 2 nitrogen and oxygen atoms in total. The minimum absolute atomic E-state index is 0.0669. The van der Waals surface area contributed by atoms with Gasteiger partial charge in [0.15, 0.2) is 0 Å². The topological polar surface area (TPSA) is 9.86 Å². The Morgan fingerprint density at radius 3 is 1.50 bits per heavy atom. The zero-order valence-corrected chi connectivity index (χ0v) is 31.6. The molecule has 0 N–H and O–H groups in total. The molecule has 2 aromatic heterocycles. The van der Waals surface area contributed by atoms with Gasteiger partial charge in [0.2, 0.25) is 0 Å². The molecular formula is C49H51F3N2.